The number of aryl methyl sites for hydroxylation is 1. The fraction of sp³-hybridized carbons (Fsp3) is 0.286. The quantitative estimate of drug-likeness (QED) is 0.767. The fourth-order valence-electron chi connectivity index (χ4n) is 1.37. The molecule has 0 aliphatic carbocycles. The van der Waals surface area contributed by atoms with Gasteiger partial charge in [-0.2, -0.15) is 0 Å². The Balaban J connectivity index is 2.89. The third-order valence-corrected chi connectivity index (χ3v) is 4.78. The molecule has 1 atom stereocenters. The number of hydrogen-bond acceptors (Lipinski definition) is 3. The van der Waals surface area contributed by atoms with Crippen LogP contribution in [0.25, 0.3) is 0 Å². The number of aliphatic hydroxyl groups is 1. The van der Waals surface area contributed by atoms with Crippen LogP contribution in [0, 0.1) is 6.92 Å². The zero-order chi connectivity index (χ0) is 15.3. The van der Waals surface area contributed by atoms with Crippen LogP contribution in [0.4, 0.5) is 0 Å². The molecule has 1 aromatic rings. The largest absolute Gasteiger partial charge is 0.389 e. The first-order valence-electron chi connectivity index (χ1n) is 6.10. The van der Waals surface area contributed by atoms with E-state index in [1.807, 2.05) is 13.8 Å². The molecule has 0 saturated carbocycles. The highest BCUT2D eigenvalue weighted by molar-refractivity contribution is 9.12. The molecule has 2 N–H and O–H groups in total. The highest BCUT2D eigenvalue weighted by Gasteiger charge is 2.15. The lowest BCUT2D eigenvalue weighted by Gasteiger charge is -2.11. The molecule has 0 aliphatic heterocycles. The molecule has 110 valence electrons. The van der Waals surface area contributed by atoms with Crippen LogP contribution < -0.4 is 4.72 Å². The fourth-order valence-corrected chi connectivity index (χ4v) is 2.96. The van der Waals surface area contributed by atoms with Crippen molar-refractivity contribution < 1.29 is 13.5 Å². The maximum absolute atomic E-state index is 12.1. The summed E-state index contributed by atoms with van der Waals surface area (Å²) in [6, 6.07) is 6.51. The van der Waals surface area contributed by atoms with E-state index in [1.54, 1.807) is 12.1 Å². The van der Waals surface area contributed by atoms with E-state index in [9.17, 15) is 13.5 Å². The van der Waals surface area contributed by atoms with Gasteiger partial charge >= 0.3 is 0 Å². The predicted octanol–water partition coefficient (Wildman–Crippen LogP) is 2.84. The van der Waals surface area contributed by atoms with Crippen molar-refractivity contribution in [1.29, 1.82) is 0 Å². The zero-order valence-corrected chi connectivity index (χ0v) is 13.8. The van der Waals surface area contributed by atoms with E-state index in [4.69, 9.17) is 0 Å². The molecule has 1 aromatic carbocycles. The number of benzene rings is 1. The van der Waals surface area contributed by atoms with E-state index in [-0.39, 0.29) is 10.6 Å². The second kappa shape index (κ2) is 7.06. The molecule has 4 nitrogen and oxygen atoms in total. The molecule has 0 aromatic heterocycles. The van der Waals surface area contributed by atoms with Crippen LogP contribution in [-0.4, -0.2) is 19.6 Å². The van der Waals surface area contributed by atoms with Crippen molar-refractivity contribution in [2.45, 2.75) is 31.3 Å². The number of allylic oxidation sites excluding steroid dienone is 1. The van der Waals surface area contributed by atoms with Gasteiger partial charge in [0.25, 0.3) is 10.0 Å². The van der Waals surface area contributed by atoms with Crippen molar-refractivity contribution in [3.63, 3.8) is 0 Å². The Morgan fingerprint density at radius 3 is 2.50 bits per heavy atom. The van der Waals surface area contributed by atoms with Gasteiger partial charge in [-0.3, -0.25) is 4.72 Å². The molecule has 0 fully saturated rings. The maximum atomic E-state index is 12.1. The first-order chi connectivity index (χ1) is 9.26. The minimum Gasteiger partial charge on any atom is -0.389 e. The van der Waals surface area contributed by atoms with Gasteiger partial charge in [-0.15, -0.1) is 0 Å². The summed E-state index contributed by atoms with van der Waals surface area (Å²) in [5.41, 5.74) is 1.16. The minimum absolute atomic E-state index is 0.167. The second-order valence-corrected chi connectivity index (χ2v) is 6.92. The van der Waals surface area contributed by atoms with Crippen LogP contribution >= 0.6 is 15.9 Å². The Kier molecular flexibility index (Phi) is 5.98. The topological polar surface area (TPSA) is 66.4 Å². The summed E-state index contributed by atoms with van der Waals surface area (Å²) in [4.78, 5) is 0.167. The monoisotopic (exact) mass is 359 g/mol. The van der Waals surface area contributed by atoms with E-state index in [2.05, 4.69) is 27.2 Å². The molecule has 20 heavy (non-hydrogen) atoms. The van der Waals surface area contributed by atoms with Gasteiger partial charge in [-0.1, -0.05) is 31.2 Å². The average molecular weight is 360 g/mol. The van der Waals surface area contributed by atoms with Crippen molar-refractivity contribution in [2.75, 3.05) is 0 Å². The van der Waals surface area contributed by atoms with E-state index in [0.717, 1.165) is 5.56 Å². The summed E-state index contributed by atoms with van der Waals surface area (Å²) in [5.74, 6) is 0. The standard InChI is InChI=1S/C14H18BrNO3S/c1-4-12(17)9-14(15)11(3)16-20(18,19)13-7-5-10(2)6-8-13/h5-9,12,16-17H,3-4H2,1-2H3/b14-9+. The molecule has 0 aliphatic rings. The van der Waals surface area contributed by atoms with Gasteiger partial charge in [-0.25, -0.2) is 8.42 Å². The van der Waals surface area contributed by atoms with Crippen LogP contribution in [0.15, 0.2) is 52.0 Å². The molecule has 1 rings (SSSR count). The van der Waals surface area contributed by atoms with Crippen LogP contribution in [0.3, 0.4) is 0 Å². The molecule has 0 spiro atoms. The lowest BCUT2D eigenvalue weighted by atomic mass is 10.2. The summed E-state index contributed by atoms with van der Waals surface area (Å²) >= 11 is 3.20. The van der Waals surface area contributed by atoms with Crippen LogP contribution in [0.5, 0.6) is 0 Å². The Hall–Kier alpha value is -1.11. The van der Waals surface area contributed by atoms with Crippen LogP contribution in [-0.2, 0) is 10.0 Å². The average Bonchev–Trinajstić information content (AvgIpc) is 2.38. The van der Waals surface area contributed by atoms with E-state index >= 15 is 0 Å². The SMILES string of the molecule is C=C(NS(=O)(=O)c1ccc(C)cc1)/C(Br)=C\C(O)CC. The number of halogens is 1. The number of hydrogen-bond donors (Lipinski definition) is 2. The minimum atomic E-state index is -3.67. The molecule has 0 amide bonds. The summed E-state index contributed by atoms with van der Waals surface area (Å²) < 4.78 is 27.1. The molecule has 0 bridgehead atoms. The summed E-state index contributed by atoms with van der Waals surface area (Å²) in [6.07, 6.45) is 1.39. The summed E-state index contributed by atoms with van der Waals surface area (Å²) in [6.45, 7) is 7.36. The first kappa shape index (κ1) is 16.9. The Morgan fingerprint density at radius 1 is 1.45 bits per heavy atom. The number of nitrogens with one attached hydrogen (secondary N) is 1. The Labute approximate surface area is 128 Å². The zero-order valence-electron chi connectivity index (χ0n) is 11.4. The smallest absolute Gasteiger partial charge is 0.261 e. The van der Waals surface area contributed by atoms with Crippen LogP contribution in [0.2, 0.25) is 0 Å². The van der Waals surface area contributed by atoms with Crippen molar-refractivity contribution in [2.24, 2.45) is 0 Å². The number of sulfonamides is 1. The predicted molar refractivity (Wildman–Crippen MR) is 83.9 cm³/mol. The second-order valence-electron chi connectivity index (χ2n) is 4.39. The van der Waals surface area contributed by atoms with Gasteiger partial charge in [0.15, 0.2) is 0 Å². The molecule has 6 heteroatoms. The van der Waals surface area contributed by atoms with Gasteiger partial charge in [0.1, 0.15) is 0 Å². The molecular formula is C14H18BrNO3S. The van der Waals surface area contributed by atoms with Gasteiger partial charge in [-0.05, 0) is 47.5 Å². The van der Waals surface area contributed by atoms with Gasteiger partial charge in [0.05, 0.1) is 16.7 Å². The highest BCUT2D eigenvalue weighted by atomic mass is 79.9. The summed E-state index contributed by atoms with van der Waals surface area (Å²) in [5, 5.41) is 9.50. The third kappa shape index (κ3) is 4.77. The van der Waals surface area contributed by atoms with Gasteiger partial charge in [0.2, 0.25) is 0 Å². The Morgan fingerprint density at radius 2 is 2.00 bits per heavy atom. The van der Waals surface area contributed by atoms with E-state index < -0.39 is 16.1 Å². The Bertz CT molecular complexity index is 606. The first-order valence-corrected chi connectivity index (χ1v) is 8.38. The van der Waals surface area contributed by atoms with Gasteiger partial charge in [0, 0.05) is 4.48 Å². The molecule has 0 radical (unpaired) electrons. The van der Waals surface area contributed by atoms with Crippen molar-refractivity contribution >= 4 is 26.0 Å². The normalized spacial score (nSPS) is 13.9. The molecule has 0 heterocycles. The lowest BCUT2D eigenvalue weighted by molar-refractivity contribution is 0.219. The van der Waals surface area contributed by atoms with E-state index in [1.165, 1.54) is 18.2 Å². The van der Waals surface area contributed by atoms with Gasteiger partial charge < -0.3 is 5.11 Å². The molecular weight excluding hydrogens is 342 g/mol. The molecule has 1 unspecified atom stereocenters. The van der Waals surface area contributed by atoms with Crippen molar-refractivity contribution in [3.8, 4) is 0 Å². The number of rotatable bonds is 6. The van der Waals surface area contributed by atoms with Crippen LogP contribution in [0.1, 0.15) is 18.9 Å². The van der Waals surface area contributed by atoms with Crippen molar-refractivity contribution in [1.82, 2.24) is 4.72 Å². The lowest BCUT2D eigenvalue weighted by Crippen LogP contribution is -2.23. The highest BCUT2D eigenvalue weighted by Crippen LogP contribution is 2.18. The van der Waals surface area contributed by atoms with E-state index in [0.29, 0.717) is 10.9 Å². The summed E-state index contributed by atoms with van der Waals surface area (Å²) in [7, 11) is -3.67. The maximum Gasteiger partial charge on any atom is 0.261 e. The molecule has 0 saturated heterocycles. The number of aliphatic hydroxyl groups excluding tert-OH is 1. The van der Waals surface area contributed by atoms with Crippen molar-refractivity contribution in [3.05, 3.63) is 52.7 Å². The third-order valence-electron chi connectivity index (χ3n) is 2.63.